The van der Waals surface area contributed by atoms with E-state index >= 15 is 0 Å². The number of carbonyl (C=O) groups excluding carboxylic acids is 2. The first-order valence-corrected chi connectivity index (χ1v) is 11.2. The number of nitrogens with zero attached hydrogens (tertiary/aromatic N) is 1. The van der Waals surface area contributed by atoms with Crippen molar-refractivity contribution in [3.8, 4) is 0 Å². The first kappa shape index (κ1) is 21.2. The zero-order valence-electron chi connectivity index (χ0n) is 16.7. The van der Waals surface area contributed by atoms with Crippen molar-refractivity contribution in [3.05, 3.63) is 58.1 Å². The Labute approximate surface area is 187 Å². The molecule has 2 aromatic rings. The average molecular weight is 444 g/mol. The van der Waals surface area contributed by atoms with Crippen LogP contribution in [0.5, 0.6) is 0 Å². The lowest BCUT2D eigenvalue weighted by molar-refractivity contribution is 0.0731. The summed E-state index contributed by atoms with van der Waals surface area (Å²) in [5, 5.41) is 3.35. The van der Waals surface area contributed by atoms with Crippen molar-refractivity contribution in [1.82, 2.24) is 4.90 Å². The molecule has 4 rings (SSSR count). The molecular formula is C23H26ClN3O2S. The lowest BCUT2D eigenvalue weighted by atomic mass is 9.82. The Morgan fingerprint density at radius 2 is 1.90 bits per heavy atom. The smallest absolute Gasteiger partial charge is 0.256 e. The number of fused-ring (bicyclic) bond motifs is 1. The first-order chi connectivity index (χ1) is 14.5. The summed E-state index contributed by atoms with van der Waals surface area (Å²) in [4.78, 5) is 28.4. The van der Waals surface area contributed by atoms with Crippen molar-refractivity contribution in [2.45, 2.75) is 37.1 Å². The molecule has 0 unspecified atom stereocenters. The van der Waals surface area contributed by atoms with Crippen LogP contribution in [0, 0.1) is 11.8 Å². The fourth-order valence-corrected chi connectivity index (χ4v) is 4.93. The van der Waals surface area contributed by atoms with Crippen molar-refractivity contribution >= 4 is 41.7 Å². The maximum Gasteiger partial charge on any atom is 0.256 e. The van der Waals surface area contributed by atoms with E-state index in [1.165, 1.54) is 0 Å². The molecule has 0 atom stereocenters. The predicted molar refractivity (Wildman–Crippen MR) is 122 cm³/mol. The zero-order chi connectivity index (χ0) is 21.3. The molecule has 7 heteroatoms. The van der Waals surface area contributed by atoms with E-state index in [9.17, 15) is 9.59 Å². The van der Waals surface area contributed by atoms with E-state index in [0.29, 0.717) is 45.1 Å². The third kappa shape index (κ3) is 4.36. The molecule has 2 aromatic carbocycles. The number of nitrogens with two attached hydrogens (primary N) is 1. The minimum atomic E-state index is -0.331. The summed E-state index contributed by atoms with van der Waals surface area (Å²) >= 11 is 10.4. The number of thiol groups is 1. The Morgan fingerprint density at radius 1 is 1.17 bits per heavy atom. The number of amides is 2. The van der Waals surface area contributed by atoms with Crippen LogP contribution in [0.2, 0.25) is 5.02 Å². The second kappa shape index (κ2) is 9.00. The summed E-state index contributed by atoms with van der Waals surface area (Å²) < 4.78 is 0. The maximum atomic E-state index is 13.2. The molecule has 1 saturated carbocycles. The van der Waals surface area contributed by atoms with E-state index in [2.05, 4.69) is 17.9 Å². The molecule has 1 heterocycles. The molecule has 0 aromatic heterocycles. The number of nitrogens with one attached hydrogen (secondary N) is 1. The third-order valence-electron chi connectivity index (χ3n) is 6.24. The van der Waals surface area contributed by atoms with Crippen molar-refractivity contribution in [3.63, 3.8) is 0 Å². The van der Waals surface area contributed by atoms with E-state index < -0.39 is 0 Å². The van der Waals surface area contributed by atoms with E-state index in [1.54, 1.807) is 24.3 Å². The number of benzene rings is 2. The highest BCUT2D eigenvalue weighted by atomic mass is 35.5. The van der Waals surface area contributed by atoms with Crippen LogP contribution in [-0.2, 0) is 6.54 Å². The van der Waals surface area contributed by atoms with Gasteiger partial charge in [0.15, 0.2) is 0 Å². The number of anilines is 1. The fourth-order valence-electron chi connectivity index (χ4n) is 4.51. The van der Waals surface area contributed by atoms with Gasteiger partial charge in [0.2, 0.25) is 0 Å². The van der Waals surface area contributed by atoms with Crippen LogP contribution >= 0.6 is 24.2 Å². The van der Waals surface area contributed by atoms with Crippen LogP contribution < -0.4 is 11.1 Å². The first-order valence-electron chi connectivity index (χ1n) is 10.4. The van der Waals surface area contributed by atoms with Gasteiger partial charge in [0.05, 0.1) is 16.8 Å². The summed E-state index contributed by atoms with van der Waals surface area (Å²) in [5.41, 5.74) is 8.24. The Morgan fingerprint density at radius 3 is 2.63 bits per heavy atom. The topological polar surface area (TPSA) is 75.4 Å². The van der Waals surface area contributed by atoms with Gasteiger partial charge < -0.3 is 16.0 Å². The largest absolute Gasteiger partial charge is 0.334 e. The summed E-state index contributed by atoms with van der Waals surface area (Å²) in [7, 11) is 0. The molecule has 5 nitrogen and oxygen atoms in total. The van der Waals surface area contributed by atoms with Crippen LogP contribution in [0.3, 0.4) is 0 Å². The van der Waals surface area contributed by atoms with Gasteiger partial charge in [-0.1, -0.05) is 23.7 Å². The summed E-state index contributed by atoms with van der Waals surface area (Å²) in [6, 6.07) is 10.5. The third-order valence-corrected chi connectivity index (χ3v) is 6.87. The van der Waals surface area contributed by atoms with Gasteiger partial charge in [-0.05, 0) is 73.9 Å². The average Bonchev–Trinajstić information content (AvgIpc) is 3.06. The van der Waals surface area contributed by atoms with Gasteiger partial charge in [0, 0.05) is 23.0 Å². The van der Waals surface area contributed by atoms with Gasteiger partial charge in [-0.25, -0.2) is 0 Å². The predicted octanol–water partition coefficient (Wildman–Crippen LogP) is 4.60. The molecule has 0 spiro atoms. The number of carbonyl (C=O) groups is 2. The van der Waals surface area contributed by atoms with Crippen molar-refractivity contribution < 1.29 is 9.59 Å². The van der Waals surface area contributed by atoms with E-state index in [1.807, 2.05) is 17.0 Å². The minimum Gasteiger partial charge on any atom is -0.334 e. The molecule has 0 saturated heterocycles. The summed E-state index contributed by atoms with van der Waals surface area (Å²) in [5.74, 6) is 0.793. The van der Waals surface area contributed by atoms with Crippen LogP contribution in [0.4, 0.5) is 5.69 Å². The van der Waals surface area contributed by atoms with E-state index in [-0.39, 0.29) is 11.8 Å². The molecule has 2 amide bonds. The number of rotatable bonds is 5. The molecule has 158 valence electrons. The maximum absolute atomic E-state index is 13.2. The lowest BCUT2D eigenvalue weighted by Gasteiger charge is -2.30. The molecule has 2 aliphatic rings. The standard InChI is InChI=1S/C23H26ClN3O2S/c24-17-8-9-20(30)18(10-17)22(28)26-19-3-1-2-16-13-27(23(29)21(16)19)12-15-6-4-14(11-25)5-7-15/h1-3,8-10,14-15,30H,4-7,11-13,25H2,(H,26,28). The van der Waals surface area contributed by atoms with Crippen LogP contribution in [-0.4, -0.2) is 29.8 Å². The summed E-state index contributed by atoms with van der Waals surface area (Å²) in [6.45, 7) is 2.10. The minimum absolute atomic E-state index is 0.0148. The molecular weight excluding hydrogens is 418 g/mol. The lowest BCUT2D eigenvalue weighted by Crippen LogP contribution is -2.33. The van der Waals surface area contributed by atoms with Crippen LogP contribution in [0.1, 0.15) is 52.0 Å². The van der Waals surface area contributed by atoms with Crippen molar-refractivity contribution in [1.29, 1.82) is 0 Å². The molecule has 1 aliphatic heterocycles. The monoisotopic (exact) mass is 443 g/mol. The normalized spacial score (nSPS) is 20.9. The highest BCUT2D eigenvalue weighted by molar-refractivity contribution is 7.80. The van der Waals surface area contributed by atoms with Gasteiger partial charge in [-0.2, -0.15) is 0 Å². The quantitative estimate of drug-likeness (QED) is 0.591. The Hall–Kier alpha value is -2.02. The van der Waals surface area contributed by atoms with Gasteiger partial charge in [0.1, 0.15) is 0 Å². The Balaban J connectivity index is 1.48. The molecule has 30 heavy (non-hydrogen) atoms. The van der Waals surface area contributed by atoms with Gasteiger partial charge in [-0.15, -0.1) is 12.6 Å². The second-order valence-electron chi connectivity index (χ2n) is 8.26. The van der Waals surface area contributed by atoms with Gasteiger partial charge in [0.25, 0.3) is 11.8 Å². The highest BCUT2D eigenvalue weighted by Crippen LogP contribution is 2.34. The SMILES string of the molecule is NCC1CCC(CN2Cc3cccc(NC(=O)c4cc(Cl)ccc4S)c3C2=O)CC1. The number of halogens is 1. The van der Waals surface area contributed by atoms with Crippen molar-refractivity contribution in [2.24, 2.45) is 17.6 Å². The van der Waals surface area contributed by atoms with Gasteiger partial charge in [-0.3, -0.25) is 9.59 Å². The summed E-state index contributed by atoms with van der Waals surface area (Å²) in [6.07, 6.45) is 4.52. The Bertz CT molecular complexity index is 973. The van der Waals surface area contributed by atoms with Crippen LogP contribution in [0.25, 0.3) is 0 Å². The van der Waals surface area contributed by atoms with E-state index in [4.69, 9.17) is 17.3 Å². The number of hydrogen-bond donors (Lipinski definition) is 3. The zero-order valence-corrected chi connectivity index (χ0v) is 18.4. The second-order valence-corrected chi connectivity index (χ2v) is 9.18. The molecule has 0 radical (unpaired) electrons. The van der Waals surface area contributed by atoms with Crippen LogP contribution in [0.15, 0.2) is 41.3 Å². The Kier molecular flexibility index (Phi) is 6.37. The van der Waals surface area contributed by atoms with Gasteiger partial charge >= 0.3 is 0 Å². The van der Waals surface area contributed by atoms with Crippen molar-refractivity contribution in [2.75, 3.05) is 18.4 Å². The number of hydrogen-bond acceptors (Lipinski definition) is 4. The molecule has 3 N–H and O–H groups in total. The molecule has 0 bridgehead atoms. The van der Waals surface area contributed by atoms with E-state index in [0.717, 1.165) is 44.3 Å². The highest BCUT2D eigenvalue weighted by Gasteiger charge is 2.33. The molecule has 1 fully saturated rings. The molecule has 1 aliphatic carbocycles. The fraction of sp³-hybridized carbons (Fsp3) is 0.391.